The molecule has 2 rings (SSSR count). The summed E-state index contributed by atoms with van der Waals surface area (Å²) in [6.45, 7) is 3.92. The summed E-state index contributed by atoms with van der Waals surface area (Å²) in [5.74, 6) is 0.641. The van der Waals surface area contributed by atoms with Crippen molar-refractivity contribution in [3.63, 3.8) is 0 Å². The molecule has 98 valence electrons. The molecule has 1 aliphatic heterocycles. The highest BCUT2D eigenvalue weighted by Crippen LogP contribution is 2.21. The lowest BCUT2D eigenvalue weighted by Crippen LogP contribution is -2.41. The fourth-order valence-corrected chi connectivity index (χ4v) is 2.30. The number of nitrogens with one attached hydrogen (secondary N) is 1. The van der Waals surface area contributed by atoms with Gasteiger partial charge in [0.05, 0.1) is 0 Å². The normalized spacial score (nSPS) is 19.7. The maximum absolute atomic E-state index is 13.1. The van der Waals surface area contributed by atoms with Crippen LogP contribution in [0.2, 0.25) is 0 Å². The molecule has 1 aliphatic rings. The van der Waals surface area contributed by atoms with E-state index >= 15 is 0 Å². The predicted octanol–water partition coefficient (Wildman–Crippen LogP) is 1.57. The molecule has 2 heterocycles. The van der Waals surface area contributed by atoms with Crippen molar-refractivity contribution in [2.75, 3.05) is 24.5 Å². The molecular formula is C13H18FN3O. The molecule has 0 radical (unpaired) electrons. The van der Waals surface area contributed by atoms with E-state index in [1.807, 2.05) is 6.07 Å². The largest absolute Gasteiger partial charge is 0.356 e. The minimum atomic E-state index is -0.448. The maximum Gasteiger partial charge on any atom is 0.216 e. The quantitative estimate of drug-likeness (QED) is 0.829. The Labute approximate surface area is 106 Å². The zero-order valence-corrected chi connectivity index (χ0v) is 10.5. The summed E-state index contributed by atoms with van der Waals surface area (Å²) in [6.07, 6.45) is 2.13. The Balaban J connectivity index is 1.96. The Morgan fingerprint density at radius 3 is 3.17 bits per heavy atom. The molecule has 5 heteroatoms. The van der Waals surface area contributed by atoms with Crippen molar-refractivity contribution in [3.8, 4) is 0 Å². The van der Waals surface area contributed by atoms with Crippen LogP contribution in [0.5, 0.6) is 0 Å². The van der Waals surface area contributed by atoms with Crippen molar-refractivity contribution in [1.29, 1.82) is 0 Å². The number of nitrogens with zero attached hydrogens (tertiary/aromatic N) is 2. The lowest BCUT2D eigenvalue weighted by atomic mass is 9.98. The Morgan fingerprint density at radius 2 is 2.44 bits per heavy atom. The van der Waals surface area contributed by atoms with Crippen molar-refractivity contribution >= 4 is 11.7 Å². The van der Waals surface area contributed by atoms with Crippen LogP contribution >= 0.6 is 0 Å². The first-order chi connectivity index (χ1) is 8.65. The van der Waals surface area contributed by atoms with Gasteiger partial charge in [-0.1, -0.05) is 6.07 Å². The molecule has 18 heavy (non-hydrogen) atoms. The Morgan fingerprint density at radius 1 is 1.61 bits per heavy atom. The highest BCUT2D eigenvalue weighted by Gasteiger charge is 2.21. The third kappa shape index (κ3) is 3.42. The number of halogens is 1. The minimum Gasteiger partial charge on any atom is -0.356 e. The molecule has 1 aromatic heterocycles. The summed E-state index contributed by atoms with van der Waals surface area (Å²) < 4.78 is 13.1. The van der Waals surface area contributed by atoms with Crippen molar-refractivity contribution in [3.05, 3.63) is 24.1 Å². The molecule has 0 aromatic carbocycles. The van der Waals surface area contributed by atoms with E-state index in [1.54, 1.807) is 6.07 Å². The topological polar surface area (TPSA) is 45.2 Å². The number of piperidine rings is 1. The molecule has 0 unspecified atom stereocenters. The van der Waals surface area contributed by atoms with E-state index in [4.69, 9.17) is 0 Å². The summed E-state index contributed by atoms with van der Waals surface area (Å²) in [4.78, 5) is 16.9. The van der Waals surface area contributed by atoms with Gasteiger partial charge >= 0.3 is 0 Å². The molecule has 0 aliphatic carbocycles. The first-order valence-corrected chi connectivity index (χ1v) is 6.27. The first-order valence-electron chi connectivity index (χ1n) is 6.27. The van der Waals surface area contributed by atoms with Gasteiger partial charge in [0.25, 0.3) is 0 Å². The third-order valence-electron chi connectivity index (χ3n) is 3.18. The number of pyridine rings is 1. The van der Waals surface area contributed by atoms with Crippen LogP contribution in [0.25, 0.3) is 0 Å². The molecule has 1 saturated heterocycles. The van der Waals surface area contributed by atoms with Crippen LogP contribution in [0, 0.1) is 11.9 Å². The van der Waals surface area contributed by atoms with Gasteiger partial charge in [-0.25, -0.2) is 4.98 Å². The fourth-order valence-electron chi connectivity index (χ4n) is 2.30. The maximum atomic E-state index is 13.1. The SMILES string of the molecule is CC(=O)NC[C@H]1CCCN(c2cccc(F)n2)C1. The highest BCUT2D eigenvalue weighted by atomic mass is 19.1. The Bertz CT molecular complexity index is 424. The van der Waals surface area contributed by atoms with Crippen molar-refractivity contribution in [1.82, 2.24) is 10.3 Å². The zero-order chi connectivity index (χ0) is 13.0. The molecule has 1 amide bonds. The second-order valence-electron chi connectivity index (χ2n) is 4.71. The summed E-state index contributed by atoms with van der Waals surface area (Å²) in [5, 5.41) is 2.84. The predicted molar refractivity (Wildman–Crippen MR) is 67.8 cm³/mol. The summed E-state index contributed by atoms with van der Waals surface area (Å²) in [5.41, 5.74) is 0. The van der Waals surface area contributed by atoms with Crippen LogP contribution in [0.4, 0.5) is 10.2 Å². The van der Waals surface area contributed by atoms with Crippen LogP contribution in [-0.2, 0) is 4.79 Å². The summed E-state index contributed by atoms with van der Waals surface area (Å²) in [7, 11) is 0. The van der Waals surface area contributed by atoms with E-state index in [0.29, 0.717) is 18.3 Å². The van der Waals surface area contributed by atoms with Gasteiger partial charge in [-0.15, -0.1) is 0 Å². The molecule has 4 nitrogen and oxygen atoms in total. The van der Waals surface area contributed by atoms with Crippen molar-refractivity contribution in [2.24, 2.45) is 5.92 Å². The zero-order valence-electron chi connectivity index (χ0n) is 10.5. The molecule has 0 saturated carbocycles. The Kier molecular flexibility index (Phi) is 4.12. The number of carbonyl (C=O) groups excluding carboxylic acids is 1. The van der Waals surface area contributed by atoms with Gasteiger partial charge in [-0.05, 0) is 30.9 Å². The van der Waals surface area contributed by atoms with Crippen molar-refractivity contribution < 1.29 is 9.18 Å². The fraction of sp³-hybridized carbons (Fsp3) is 0.538. The molecule has 1 N–H and O–H groups in total. The minimum absolute atomic E-state index is 0.00370. The molecule has 0 spiro atoms. The van der Waals surface area contributed by atoms with E-state index in [9.17, 15) is 9.18 Å². The smallest absolute Gasteiger partial charge is 0.216 e. The van der Waals surface area contributed by atoms with E-state index in [2.05, 4.69) is 15.2 Å². The molecular weight excluding hydrogens is 233 g/mol. The lowest BCUT2D eigenvalue weighted by molar-refractivity contribution is -0.119. The number of carbonyl (C=O) groups is 1. The number of hydrogen-bond acceptors (Lipinski definition) is 3. The standard InChI is InChI=1S/C13H18FN3O/c1-10(18)15-8-11-4-3-7-17(9-11)13-6-2-5-12(14)16-13/h2,5-6,11H,3-4,7-9H2,1H3,(H,15,18)/t11-/m1/s1. The molecule has 1 aromatic rings. The number of anilines is 1. The van der Waals surface area contributed by atoms with Crippen LogP contribution in [0.15, 0.2) is 18.2 Å². The van der Waals surface area contributed by atoms with Gasteiger partial charge in [0.15, 0.2) is 0 Å². The highest BCUT2D eigenvalue weighted by molar-refractivity contribution is 5.72. The van der Waals surface area contributed by atoms with Crippen LogP contribution in [0.1, 0.15) is 19.8 Å². The summed E-state index contributed by atoms with van der Waals surface area (Å²) >= 11 is 0. The van der Waals surface area contributed by atoms with Gasteiger partial charge in [-0.3, -0.25) is 4.79 Å². The Hall–Kier alpha value is -1.65. The number of rotatable bonds is 3. The van der Waals surface area contributed by atoms with E-state index in [1.165, 1.54) is 13.0 Å². The van der Waals surface area contributed by atoms with Gasteiger partial charge < -0.3 is 10.2 Å². The summed E-state index contributed by atoms with van der Waals surface area (Å²) in [6, 6.07) is 4.85. The number of aromatic nitrogens is 1. The van der Waals surface area contributed by atoms with E-state index < -0.39 is 5.95 Å². The van der Waals surface area contributed by atoms with Gasteiger partial charge in [-0.2, -0.15) is 4.39 Å². The average Bonchev–Trinajstić information content (AvgIpc) is 2.37. The second-order valence-corrected chi connectivity index (χ2v) is 4.71. The molecule has 1 fully saturated rings. The van der Waals surface area contributed by atoms with E-state index in [0.717, 1.165) is 25.9 Å². The van der Waals surface area contributed by atoms with Gasteiger partial charge in [0, 0.05) is 26.6 Å². The van der Waals surface area contributed by atoms with Gasteiger partial charge in [0.1, 0.15) is 5.82 Å². The first kappa shape index (κ1) is 12.8. The number of hydrogen-bond donors (Lipinski definition) is 1. The average molecular weight is 251 g/mol. The van der Waals surface area contributed by atoms with Crippen LogP contribution in [0.3, 0.4) is 0 Å². The second kappa shape index (κ2) is 5.80. The molecule has 1 atom stereocenters. The monoisotopic (exact) mass is 251 g/mol. The van der Waals surface area contributed by atoms with E-state index in [-0.39, 0.29) is 5.91 Å². The lowest BCUT2D eigenvalue weighted by Gasteiger charge is -2.33. The van der Waals surface area contributed by atoms with Crippen LogP contribution < -0.4 is 10.2 Å². The van der Waals surface area contributed by atoms with Crippen molar-refractivity contribution in [2.45, 2.75) is 19.8 Å². The molecule has 0 bridgehead atoms. The van der Waals surface area contributed by atoms with Gasteiger partial charge in [0.2, 0.25) is 11.9 Å². The van der Waals surface area contributed by atoms with Crippen LogP contribution in [-0.4, -0.2) is 30.5 Å². The third-order valence-corrected chi connectivity index (χ3v) is 3.18. The number of amides is 1.